The van der Waals surface area contributed by atoms with E-state index in [1.165, 1.54) is 173 Å². The van der Waals surface area contributed by atoms with Crippen molar-refractivity contribution in [2.45, 2.75) is 356 Å². The smallest absolute Gasteiger partial charge is 0.220 e. The Morgan fingerprint density at radius 3 is 1.16 bits per heavy atom. The van der Waals surface area contributed by atoms with E-state index in [2.05, 4.69) is 43.5 Å². The number of nitrogens with one attached hydrogen (secondary N) is 1. The molecule has 3 aliphatic heterocycles. The van der Waals surface area contributed by atoms with Crippen molar-refractivity contribution in [2.24, 2.45) is 0 Å². The molecule has 504 valence electrons. The first-order valence-corrected chi connectivity index (χ1v) is 34.2. The number of ether oxygens (including phenoxy) is 6. The van der Waals surface area contributed by atoms with Gasteiger partial charge in [-0.3, -0.25) is 4.79 Å². The van der Waals surface area contributed by atoms with Crippen LogP contribution in [-0.4, -0.2) is 193 Å². The molecule has 0 aromatic heterocycles. The molecular weight excluding hydrogens is 1110 g/mol. The van der Waals surface area contributed by atoms with Crippen LogP contribution in [0.5, 0.6) is 0 Å². The van der Waals surface area contributed by atoms with E-state index in [1.54, 1.807) is 6.08 Å². The Labute approximate surface area is 517 Å². The van der Waals surface area contributed by atoms with E-state index in [0.29, 0.717) is 12.8 Å². The van der Waals surface area contributed by atoms with E-state index in [-0.39, 0.29) is 18.9 Å². The second kappa shape index (κ2) is 49.7. The SMILES string of the molecule is CCCCCC/C=C/CC/C=C/CC/C=C/C(O)C(COC1OC(CO)C(OC2OC(CO)C(OC3OC(CO)C(O)C(O)C3O)C(O)C2O)C(O)C1O)NC(=O)CCCCCCCCCCCCCCCCCCCCCCCCCCCCC. The zero-order valence-corrected chi connectivity index (χ0v) is 53.0. The van der Waals surface area contributed by atoms with Crippen molar-refractivity contribution in [1.82, 2.24) is 5.32 Å². The molecule has 0 aliphatic carbocycles. The first-order valence-electron chi connectivity index (χ1n) is 34.2. The minimum atomic E-state index is -1.98. The molecule has 17 unspecified atom stereocenters. The predicted octanol–water partition coefficient (Wildman–Crippen LogP) is 8.44. The summed E-state index contributed by atoms with van der Waals surface area (Å²) in [6, 6.07) is -0.993. The molecule has 3 rings (SSSR count). The number of aliphatic hydroxyl groups excluding tert-OH is 11. The third-order valence-corrected chi connectivity index (χ3v) is 17.2. The molecular formula is C67H123NO18. The zero-order valence-electron chi connectivity index (χ0n) is 53.0. The number of unbranched alkanes of at least 4 members (excludes halogenated alkanes) is 32. The van der Waals surface area contributed by atoms with Crippen LogP contribution in [0.15, 0.2) is 36.5 Å². The molecule has 19 nitrogen and oxygen atoms in total. The van der Waals surface area contributed by atoms with Gasteiger partial charge in [0, 0.05) is 6.42 Å². The molecule has 86 heavy (non-hydrogen) atoms. The highest BCUT2D eigenvalue weighted by Gasteiger charge is 2.53. The third-order valence-electron chi connectivity index (χ3n) is 17.2. The molecule has 0 aromatic rings. The fourth-order valence-electron chi connectivity index (χ4n) is 11.6. The minimum Gasteiger partial charge on any atom is -0.394 e. The van der Waals surface area contributed by atoms with Gasteiger partial charge in [0.1, 0.15) is 73.2 Å². The molecule has 0 aromatic carbocycles. The third kappa shape index (κ3) is 31.8. The molecule has 0 radical (unpaired) electrons. The van der Waals surface area contributed by atoms with Crippen molar-refractivity contribution in [3.8, 4) is 0 Å². The van der Waals surface area contributed by atoms with Crippen molar-refractivity contribution in [1.29, 1.82) is 0 Å². The number of aliphatic hydroxyl groups is 11. The van der Waals surface area contributed by atoms with Gasteiger partial charge in [0.2, 0.25) is 5.91 Å². The predicted molar refractivity (Wildman–Crippen MR) is 333 cm³/mol. The Kier molecular flexibility index (Phi) is 45.2. The van der Waals surface area contributed by atoms with Crippen LogP contribution in [-0.2, 0) is 33.2 Å². The van der Waals surface area contributed by atoms with Gasteiger partial charge in [-0.05, 0) is 44.9 Å². The molecule has 3 fully saturated rings. The van der Waals surface area contributed by atoms with Crippen molar-refractivity contribution in [3.05, 3.63) is 36.5 Å². The number of carbonyl (C=O) groups excluding carboxylic acids is 1. The van der Waals surface area contributed by atoms with Gasteiger partial charge in [-0.2, -0.15) is 0 Å². The first kappa shape index (κ1) is 78.3. The van der Waals surface area contributed by atoms with Crippen LogP contribution in [0.3, 0.4) is 0 Å². The average Bonchev–Trinajstić information content (AvgIpc) is 2.54. The lowest BCUT2D eigenvalue weighted by molar-refractivity contribution is -0.379. The van der Waals surface area contributed by atoms with E-state index in [9.17, 15) is 61.0 Å². The highest BCUT2D eigenvalue weighted by atomic mass is 16.8. The summed E-state index contributed by atoms with van der Waals surface area (Å²) in [5.41, 5.74) is 0. The summed E-state index contributed by atoms with van der Waals surface area (Å²) in [7, 11) is 0. The summed E-state index contributed by atoms with van der Waals surface area (Å²) >= 11 is 0. The lowest BCUT2D eigenvalue weighted by Gasteiger charge is -2.48. The van der Waals surface area contributed by atoms with E-state index >= 15 is 0 Å². The Balaban J connectivity index is 1.41. The molecule has 12 N–H and O–H groups in total. The lowest BCUT2D eigenvalue weighted by atomic mass is 9.96. The largest absolute Gasteiger partial charge is 0.394 e. The molecule has 3 aliphatic rings. The molecule has 0 spiro atoms. The van der Waals surface area contributed by atoms with E-state index < -0.39 is 124 Å². The highest BCUT2D eigenvalue weighted by molar-refractivity contribution is 5.76. The summed E-state index contributed by atoms with van der Waals surface area (Å²) in [6.07, 6.45) is 30.0. The average molecular weight is 1230 g/mol. The fourth-order valence-corrected chi connectivity index (χ4v) is 11.6. The van der Waals surface area contributed by atoms with Crippen LogP contribution in [0.2, 0.25) is 0 Å². The Hall–Kier alpha value is -1.99. The van der Waals surface area contributed by atoms with Crippen molar-refractivity contribution >= 4 is 5.91 Å². The molecule has 0 bridgehead atoms. The molecule has 0 saturated carbocycles. The standard InChI is InChI=1S/C67H123NO18/c1-3-5-7-9-11-13-15-17-19-20-21-22-23-24-25-26-27-28-29-30-31-33-35-37-39-41-43-45-55(73)68-50(51(72)44-42-40-38-36-34-32-18-16-14-12-10-8-6-4-2)49-81-65-61(79)58(76)63(53(47-70)83-65)86-67-62(80)59(77)64(54(48-71)84-67)85-66-60(78)57(75)56(74)52(46-69)82-66/h14,16,34,36,42,44,50-54,56-67,69-72,74-80H,3-13,15,17-33,35,37-41,43,45-49H2,1-2H3,(H,68,73)/b16-14+,36-34+,44-42+. The Bertz CT molecular complexity index is 1710. The van der Waals surface area contributed by atoms with Crippen molar-refractivity contribution < 1.29 is 89.4 Å². The second-order valence-electron chi connectivity index (χ2n) is 24.6. The van der Waals surface area contributed by atoms with Gasteiger partial charge in [0.15, 0.2) is 18.9 Å². The molecule has 3 heterocycles. The lowest BCUT2D eigenvalue weighted by Crippen LogP contribution is -2.66. The normalized spacial score (nSPS) is 29.0. The quantitative estimate of drug-likeness (QED) is 0.0201. The van der Waals surface area contributed by atoms with Gasteiger partial charge < -0.3 is 89.9 Å². The highest BCUT2D eigenvalue weighted by Crippen LogP contribution is 2.33. The van der Waals surface area contributed by atoms with Crippen LogP contribution in [0.25, 0.3) is 0 Å². The van der Waals surface area contributed by atoms with E-state index in [0.717, 1.165) is 44.9 Å². The number of allylic oxidation sites excluding steroid dienone is 5. The number of amides is 1. The summed E-state index contributed by atoms with van der Waals surface area (Å²) in [5.74, 6) is -0.286. The van der Waals surface area contributed by atoms with Gasteiger partial charge in [0.05, 0.1) is 38.6 Å². The van der Waals surface area contributed by atoms with Crippen LogP contribution < -0.4 is 5.32 Å². The number of hydrogen-bond donors (Lipinski definition) is 12. The maximum atomic E-state index is 13.4. The Morgan fingerprint density at radius 1 is 0.407 bits per heavy atom. The number of rotatable bonds is 52. The minimum absolute atomic E-state index is 0.236. The molecule has 17 atom stereocenters. The Morgan fingerprint density at radius 2 is 0.744 bits per heavy atom. The van der Waals surface area contributed by atoms with E-state index in [1.807, 2.05) is 6.08 Å². The first-order chi connectivity index (χ1) is 41.8. The van der Waals surface area contributed by atoms with Crippen LogP contribution in [0.1, 0.15) is 251 Å². The fraction of sp³-hybridized carbons (Fsp3) is 0.896. The van der Waals surface area contributed by atoms with Gasteiger partial charge in [0.25, 0.3) is 0 Å². The van der Waals surface area contributed by atoms with E-state index in [4.69, 9.17) is 28.4 Å². The summed E-state index contributed by atoms with van der Waals surface area (Å²) < 4.78 is 34.3. The summed E-state index contributed by atoms with van der Waals surface area (Å²) in [5, 5.41) is 120. The van der Waals surface area contributed by atoms with Gasteiger partial charge in [-0.25, -0.2) is 0 Å². The number of hydrogen-bond acceptors (Lipinski definition) is 18. The topological polar surface area (TPSA) is 307 Å². The van der Waals surface area contributed by atoms with Crippen LogP contribution in [0.4, 0.5) is 0 Å². The van der Waals surface area contributed by atoms with Crippen molar-refractivity contribution in [2.75, 3.05) is 26.4 Å². The molecule has 1 amide bonds. The van der Waals surface area contributed by atoms with Gasteiger partial charge >= 0.3 is 0 Å². The van der Waals surface area contributed by atoms with Gasteiger partial charge in [-0.15, -0.1) is 0 Å². The number of carbonyl (C=O) groups is 1. The van der Waals surface area contributed by atoms with Crippen LogP contribution >= 0.6 is 0 Å². The summed E-state index contributed by atoms with van der Waals surface area (Å²) in [4.78, 5) is 13.4. The summed E-state index contributed by atoms with van der Waals surface area (Å²) in [6.45, 7) is 1.70. The maximum absolute atomic E-state index is 13.4. The second-order valence-corrected chi connectivity index (χ2v) is 24.6. The molecule has 3 saturated heterocycles. The van der Waals surface area contributed by atoms with Crippen LogP contribution in [0, 0.1) is 0 Å². The zero-order chi connectivity index (χ0) is 62.6. The van der Waals surface area contributed by atoms with Gasteiger partial charge in [-0.1, -0.05) is 237 Å². The van der Waals surface area contributed by atoms with Crippen molar-refractivity contribution in [3.63, 3.8) is 0 Å². The monoisotopic (exact) mass is 1230 g/mol. The maximum Gasteiger partial charge on any atom is 0.220 e. The molecule has 19 heteroatoms.